The number of esters is 1. The Morgan fingerprint density at radius 1 is 1.40 bits per heavy atom. The minimum atomic E-state index is -0.848. The molecule has 118 valence electrons. The summed E-state index contributed by atoms with van der Waals surface area (Å²) in [4.78, 5) is 11.8. The first-order valence-corrected chi connectivity index (χ1v) is 8.04. The van der Waals surface area contributed by atoms with Gasteiger partial charge in [-0.1, -0.05) is 32.6 Å². The first-order chi connectivity index (χ1) is 9.51. The van der Waals surface area contributed by atoms with Crippen LogP contribution in [0.4, 0.5) is 0 Å². The van der Waals surface area contributed by atoms with Crippen LogP contribution in [-0.4, -0.2) is 30.8 Å². The molecule has 1 aliphatic carbocycles. The molecule has 0 spiro atoms. The monoisotopic (exact) mass is 285 g/mol. The average molecular weight is 285 g/mol. The summed E-state index contributed by atoms with van der Waals surface area (Å²) in [6, 6.07) is 0. The van der Waals surface area contributed by atoms with Gasteiger partial charge in [0, 0.05) is 6.42 Å². The predicted molar refractivity (Wildman–Crippen MR) is 80.5 cm³/mol. The van der Waals surface area contributed by atoms with Crippen molar-refractivity contribution in [3.63, 3.8) is 0 Å². The zero-order chi connectivity index (χ0) is 15.0. The zero-order valence-electron chi connectivity index (χ0n) is 13.3. The maximum atomic E-state index is 11.8. The summed E-state index contributed by atoms with van der Waals surface area (Å²) < 4.78 is 10.9. The minimum Gasteiger partial charge on any atom is -0.468 e. The fraction of sp³-hybridized carbons (Fsp3) is 0.938. The molecule has 0 aromatic rings. The molecule has 1 saturated carbocycles. The van der Waals surface area contributed by atoms with Crippen LogP contribution in [-0.2, 0) is 14.3 Å². The van der Waals surface area contributed by atoms with Gasteiger partial charge < -0.3 is 15.2 Å². The number of carbonyl (C=O) groups excluding carboxylic acids is 1. The van der Waals surface area contributed by atoms with Crippen molar-refractivity contribution in [3.8, 4) is 0 Å². The lowest BCUT2D eigenvalue weighted by Gasteiger charge is -2.36. The van der Waals surface area contributed by atoms with Crippen molar-refractivity contribution in [1.29, 1.82) is 0 Å². The molecule has 4 heteroatoms. The first kappa shape index (κ1) is 17.4. The number of rotatable bonds is 8. The Balaban J connectivity index is 2.34. The quantitative estimate of drug-likeness (QED) is 0.549. The van der Waals surface area contributed by atoms with Gasteiger partial charge in [-0.25, -0.2) is 0 Å². The molecule has 3 unspecified atom stereocenters. The summed E-state index contributed by atoms with van der Waals surface area (Å²) in [6.07, 6.45) is 9.68. The van der Waals surface area contributed by atoms with E-state index in [0.717, 1.165) is 19.3 Å². The van der Waals surface area contributed by atoms with Crippen molar-refractivity contribution in [2.24, 2.45) is 5.73 Å². The van der Waals surface area contributed by atoms with Crippen LogP contribution in [0.3, 0.4) is 0 Å². The molecule has 3 atom stereocenters. The van der Waals surface area contributed by atoms with E-state index in [4.69, 9.17) is 15.2 Å². The first-order valence-electron chi connectivity index (χ1n) is 8.04. The Bertz CT molecular complexity index is 295. The van der Waals surface area contributed by atoms with E-state index in [-0.39, 0.29) is 18.2 Å². The van der Waals surface area contributed by atoms with Crippen LogP contribution in [0.1, 0.15) is 71.6 Å². The topological polar surface area (TPSA) is 61.5 Å². The van der Waals surface area contributed by atoms with Crippen molar-refractivity contribution >= 4 is 5.97 Å². The lowest BCUT2D eigenvalue weighted by atomic mass is 9.81. The second-order valence-electron chi connectivity index (χ2n) is 6.16. The van der Waals surface area contributed by atoms with Crippen LogP contribution >= 0.6 is 0 Å². The maximum absolute atomic E-state index is 11.8. The maximum Gasteiger partial charge on any atom is 0.325 e. The van der Waals surface area contributed by atoms with Gasteiger partial charge >= 0.3 is 5.97 Å². The summed E-state index contributed by atoms with van der Waals surface area (Å²) in [5, 5.41) is 0. The molecule has 20 heavy (non-hydrogen) atoms. The van der Waals surface area contributed by atoms with E-state index in [1.807, 2.05) is 0 Å². The summed E-state index contributed by atoms with van der Waals surface area (Å²) in [7, 11) is 1.40. The van der Waals surface area contributed by atoms with E-state index in [1.165, 1.54) is 32.8 Å². The number of hydrogen-bond acceptors (Lipinski definition) is 4. The molecule has 0 radical (unpaired) electrons. The highest BCUT2D eigenvalue weighted by Crippen LogP contribution is 2.30. The molecular formula is C16H31NO3. The molecule has 0 amide bonds. The number of carbonyl (C=O) groups is 1. The third-order valence-corrected chi connectivity index (χ3v) is 4.22. The third kappa shape index (κ3) is 5.41. The van der Waals surface area contributed by atoms with Crippen LogP contribution in [0.15, 0.2) is 0 Å². The summed E-state index contributed by atoms with van der Waals surface area (Å²) in [6.45, 7) is 4.34. The molecule has 0 heterocycles. The number of nitrogens with two attached hydrogens (primary N) is 1. The van der Waals surface area contributed by atoms with Gasteiger partial charge in [-0.15, -0.1) is 0 Å². The fourth-order valence-electron chi connectivity index (χ4n) is 3.02. The van der Waals surface area contributed by atoms with Crippen molar-refractivity contribution in [1.82, 2.24) is 0 Å². The second-order valence-corrected chi connectivity index (χ2v) is 6.16. The van der Waals surface area contributed by atoms with Gasteiger partial charge in [-0.05, 0) is 32.6 Å². The smallest absolute Gasteiger partial charge is 0.325 e. The van der Waals surface area contributed by atoms with Gasteiger partial charge in [-0.3, -0.25) is 4.79 Å². The molecule has 0 bridgehead atoms. The normalized spacial score (nSPS) is 28.1. The fourth-order valence-corrected chi connectivity index (χ4v) is 3.02. The lowest BCUT2D eigenvalue weighted by Crippen LogP contribution is -2.53. The highest BCUT2D eigenvalue weighted by atomic mass is 16.5. The highest BCUT2D eigenvalue weighted by molar-refractivity contribution is 5.80. The molecule has 0 saturated heterocycles. The number of hydrogen-bond donors (Lipinski definition) is 1. The van der Waals surface area contributed by atoms with Gasteiger partial charge in [0.15, 0.2) is 0 Å². The lowest BCUT2D eigenvalue weighted by molar-refractivity contribution is -0.151. The van der Waals surface area contributed by atoms with Crippen LogP contribution in [0.25, 0.3) is 0 Å². The summed E-state index contributed by atoms with van der Waals surface area (Å²) in [5.41, 5.74) is 5.32. The minimum absolute atomic E-state index is 0.0917. The van der Waals surface area contributed by atoms with E-state index in [9.17, 15) is 4.79 Å². The van der Waals surface area contributed by atoms with Gasteiger partial charge in [0.05, 0.1) is 19.3 Å². The van der Waals surface area contributed by atoms with E-state index < -0.39 is 5.54 Å². The Labute approximate surface area is 123 Å². The third-order valence-electron chi connectivity index (χ3n) is 4.22. The molecule has 2 N–H and O–H groups in total. The predicted octanol–water partition coefficient (Wildman–Crippen LogP) is 3.18. The van der Waals surface area contributed by atoms with Gasteiger partial charge in [0.25, 0.3) is 0 Å². The molecular weight excluding hydrogens is 254 g/mol. The van der Waals surface area contributed by atoms with E-state index >= 15 is 0 Å². The van der Waals surface area contributed by atoms with Gasteiger partial charge in [-0.2, -0.15) is 0 Å². The largest absolute Gasteiger partial charge is 0.468 e. The van der Waals surface area contributed by atoms with Crippen molar-refractivity contribution in [3.05, 3.63) is 0 Å². The Hall–Kier alpha value is -0.610. The van der Waals surface area contributed by atoms with Crippen LogP contribution in [0, 0.1) is 0 Å². The summed E-state index contributed by atoms with van der Waals surface area (Å²) >= 11 is 0. The van der Waals surface area contributed by atoms with Gasteiger partial charge in [0.1, 0.15) is 5.54 Å². The zero-order valence-corrected chi connectivity index (χ0v) is 13.3. The average Bonchev–Trinajstić information content (AvgIpc) is 2.42. The van der Waals surface area contributed by atoms with Gasteiger partial charge in [0.2, 0.25) is 0 Å². The summed E-state index contributed by atoms with van der Waals surface area (Å²) in [5.74, 6) is -0.304. The second kappa shape index (κ2) is 8.63. The molecule has 0 aromatic carbocycles. The Kier molecular flexibility index (Phi) is 7.52. The van der Waals surface area contributed by atoms with E-state index in [2.05, 4.69) is 13.8 Å². The number of methoxy groups -OCH3 is 1. The highest BCUT2D eigenvalue weighted by Gasteiger charge is 2.41. The molecule has 4 nitrogen and oxygen atoms in total. The molecule has 1 fully saturated rings. The van der Waals surface area contributed by atoms with Crippen molar-refractivity contribution in [2.75, 3.05) is 7.11 Å². The van der Waals surface area contributed by atoms with E-state index in [1.54, 1.807) is 0 Å². The number of ether oxygens (including phenoxy) is 2. The Morgan fingerprint density at radius 2 is 2.15 bits per heavy atom. The molecule has 0 aromatic heterocycles. The SMILES string of the molecule is CCCCCCC(C)OC1CCCC(N)(C(=O)OC)C1. The standard InChI is InChI=1S/C16H31NO3/c1-4-5-6-7-9-13(2)20-14-10-8-11-16(17,12-14)15(18)19-3/h13-14H,4-12,17H2,1-3H3. The molecule has 1 rings (SSSR count). The molecule has 0 aliphatic heterocycles. The van der Waals surface area contributed by atoms with Crippen molar-refractivity contribution < 1.29 is 14.3 Å². The number of unbranched alkanes of at least 4 members (excludes halogenated alkanes) is 3. The van der Waals surface area contributed by atoms with Crippen molar-refractivity contribution in [2.45, 2.75) is 89.4 Å². The van der Waals surface area contributed by atoms with E-state index in [0.29, 0.717) is 12.8 Å². The molecule has 1 aliphatic rings. The van der Waals surface area contributed by atoms with Crippen LogP contribution in [0.2, 0.25) is 0 Å². The van der Waals surface area contributed by atoms with Crippen LogP contribution < -0.4 is 5.73 Å². The Morgan fingerprint density at radius 3 is 2.80 bits per heavy atom. The van der Waals surface area contributed by atoms with Crippen LogP contribution in [0.5, 0.6) is 0 Å².